The number of hydrogen-bond acceptors (Lipinski definition) is 4. The molecular formula is C26H27NO4. The number of aromatic carboxylic acids is 1. The molecule has 0 fully saturated rings. The minimum absolute atomic E-state index is 0.377. The first kappa shape index (κ1) is 20.9. The van der Waals surface area contributed by atoms with E-state index in [4.69, 9.17) is 14.5 Å². The van der Waals surface area contributed by atoms with Gasteiger partial charge in [-0.05, 0) is 66.2 Å². The Kier molecular flexibility index (Phi) is 5.94. The number of pyridine rings is 1. The topological polar surface area (TPSA) is 68.7 Å². The molecule has 0 saturated heterocycles. The smallest absolute Gasteiger partial charge is 0.336 e. The number of benzene rings is 2. The van der Waals surface area contributed by atoms with Gasteiger partial charge < -0.3 is 14.6 Å². The fraction of sp³-hybridized carbons (Fsp3) is 0.308. The first-order valence-corrected chi connectivity index (χ1v) is 10.6. The maximum atomic E-state index is 12.1. The molecule has 4 rings (SSSR count). The Hall–Kier alpha value is -3.34. The molecule has 0 radical (unpaired) electrons. The van der Waals surface area contributed by atoms with Crippen LogP contribution in [0, 0.1) is 5.92 Å². The summed E-state index contributed by atoms with van der Waals surface area (Å²) in [4.78, 5) is 17.0. The maximum Gasteiger partial charge on any atom is 0.336 e. The summed E-state index contributed by atoms with van der Waals surface area (Å²) in [6.07, 6.45) is 4.56. The molecule has 5 nitrogen and oxygen atoms in total. The molecule has 5 heteroatoms. The minimum Gasteiger partial charge on any atom is -0.493 e. The molecule has 0 unspecified atom stereocenters. The third-order valence-electron chi connectivity index (χ3n) is 5.48. The van der Waals surface area contributed by atoms with Crippen molar-refractivity contribution < 1.29 is 19.4 Å². The van der Waals surface area contributed by atoms with Gasteiger partial charge in [0.25, 0.3) is 0 Å². The Morgan fingerprint density at radius 3 is 2.71 bits per heavy atom. The third-order valence-corrected chi connectivity index (χ3v) is 5.48. The van der Waals surface area contributed by atoms with Crippen LogP contribution < -0.4 is 9.47 Å². The lowest BCUT2D eigenvalue weighted by Gasteiger charge is -2.21. The summed E-state index contributed by atoms with van der Waals surface area (Å²) in [5.41, 5.74) is 4.74. The van der Waals surface area contributed by atoms with Crippen LogP contribution in [0.2, 0.25) is 0 Å². The predicted molar refractivity (Wildman–Crippen MR) is 123 cm³/mol. The van der Waals surface area contributed by atoms with Crippen molar-refractivity contribution in [3.63, 3.8) is 0 Å². The van der Waals surface area contributed by atoms with E-state index < -0.39 is 5.97 Å². The molecule has 0 saturated carbocycles. The number of allylic oxidation sites excluding steroid dienone is 1. The standard InChI is InChI=1S/C26H27NO4/c1-16(2)15-31-23-14-17(11-12-22(23)30-3)13-18-7-6-9-20-24(26(28)29)19-8-4-5-10-21(19)27-25(18)20/h4-5,8,10-14,16H,6-7,9,15H2,1-3H3,(H,28,29)/b18-13+. The normalized spacial score (nSPS) is 14.6. The second-order valence-corrected chi connectivity index (χ2v) is 8.27. The first-order chi connectivity index (χ1) is 15.0. The Balaban J connectivity index is 1.81. The van der Waals surface area contributed by atoms with E-state index in [1.807, 2.05) is 42.5 Å². The van der Waals surface area contributed by atoms with E-state index in [9.17, 15) is 9.90 Å². The number of ether oxygens (including phenoxy) is 2. The van der Waals surface area contributed by atoms with E-state index in [2.05, 4.69) is 19.9 Å². The molecule has 0 aliphatic heterocycles. The summed E-state index contributed by atoms with van der Waals surface area (Å²) in [6, 6.07) is 13.3. The van der Waals surface area contributed by atoms with Gasteiger partial charge in [0, 0.05) is 5.39 Å². The molecule has 0 atom stereocenters. The summed E-state index contributed by atoms with van der Waals surface area (Å²) in [7, 11) is 1.63. The van der Waals surface area contributed by atoms with Gasteiger partial charge in [0.05, 0.1) is 30.5 Å². The van der Waals surface area contributed by atoms with Crippen LogP contribution in [-0.2, 0) is 6.42 Å². The van der Waals surface area contributed by atoms with Crippen molar-refractivity contribution in [2.45, 2.75) is 33.1 Å². The molecule has 31 heavy (non-hydrogen) atoms. The maximum absolute atomic E-state index is 12.1. The van der Waals surface area contributed by atoms with Gasteiger partial charge in [-0.2, -0.15) is 0 Å². The summed E-state index contributed by atoms with van der Waals surface area (Å²) >= 11 is 0. The minimum atomic E-state index is -0.898. The van der Waals surface area contributed by atoms with Crippen LogP contribution in [0.3, 0.4) is 0 Å². The van der Waals surface area contributed by atoms with Crippen LogP contribution in [0.1, 0.15) is 53.9 Å². The van der Waals surface area contributed by atoms with Gasteiger partial charge in [0.2, 0.25) is 0 Å². The quantitative estimate of drug-likeness (QED) is 0.545. The van der Waals surface area contributed by atoms with E-state index in [1.54, 1.807) is 7.11 Å². The lowest BCUT2D eigenvalue weighted by Crippen LogP contribution is -2.13. The monoisotopic (exact) mass is 417 g/mol. The van der Waals surface area contributed by atoms with Gasteiger partial charge in [-0.25, -0.2) is 9.78 Å². The molecule has 1 aliphatic carbocycles. The molecule has 0 spiro atoms. The number of para-hydroxylation sites is 1. The molecule has 1 aliphatic rings. The number of fused-ring (bicyclic) bond motifs is 2. The molecule has 160 valence electrons. The zero-order valence-electron chi connectivity index (χ0n) is 18.1. The fourth-order valence-electron chi connectivity index (χ4n) is 4.07. The summed E-state index contributed by atoms with van der Waals surface area (Å²) in [6.45, 7) is 4.81. The number of carboxylic acid groups (broad SMARTS) is 1. The van der Waals surface area contributed by atoms with E-state index in [-0.39, 0.29) is 0 Å². The second-order valence-electron chi connectivity index (χ2n) is 8.27. The molecule has 0 bridgehead atoms. The highest BCUT2D eigenvalue weighted by molar-refractivity contribution is 6.05. The van der Waals surface area contributed by atoms with Crippen molar-refractivity contribution >= 4 is 28.5 Å². The number of carbonyl (C=O) groups is 1. The van der Waals surface area contributed by atoms with Gasteiger partial charge in [0.15, 0.2) is 11.5 Å². The van der Waals surface area contributed by atoms with Crippen LogP contribution >= 0.6 is 0 Å². The van der Waals surface area contributed by atoms with Gasteiger partial charge in [-0.15, -0.1) is 0 Å². The van der Waals surface area contributed by atoms with Gasteiger partial charge in [0.1, 0.15) is 0 Å². The molecule has 0 amide bonds. The molecule has 2 aromatic carbocycles. The lowest BCUT2D eigenvalue weighted by molar-refractivity contribution is 0.0697. The highest BCUT2D eigenvalue weighted by Crippen LogP contribution is 2.37. The van der Waals surface area contributed by atoms with Crippen molar-refractivity contribution in [1.82, 2.24) is 4.98 Å². The number of nitrogens with zero attached hydrogens (tertiary/aromatic N) is 1. The highest BCUT2D eigenvalue weighted by atomic mass is 16.5. The van der Waals surface area contributed by atoms with Gasteiger partial charge in [-0.1, -0.05) is 38.1 Å². The Bertz CT molecular complexity index is 1160. The summed E-state index contributed by atoms with van der Waals surface area (Å²) in [5, 5.41) is 10.6. The number of methoxy groups -OCH3 is 1. The number of carboxylic acids is 1. The SMILES string of the molecule is COc1ccc(/C=C2\CCCc3c2nc2ccccc2c3C(=O)O)cc1OCC(C)C. The van der Waals surface area contributed by atoms with E-state index in [1.165, 1.54) is 0 Å². The first-order valence-electron chi connectivity index (χ1n) is 10.6. The number of hydrogen-bond donors (Lipinski definition) is 1. The summed E-state index contributed by atoms with van der Waals surface area (Å²) in [5.74, 6) is 0.914. The fourth-order valence-corrected chi connectivity index (χ4v) is 4.07. The third kappa shape index (κ3) is 4.26. The molecule has 3 aromatic rings. The highest BCUT2D eigenvalue weighted by Gasteiger charge is 2.24. The Labute approximate surface area is 182 Å². The zero-order valence-corrected chi connectivity index (χ0v) is 18.1. The van der Waals surface area contributed by atoms with Crippen molar-refractivity contribution in [2.75, 3.05) is 13.7 Å². The summed E-state index contributed by atoms with van der Waals surface area (Å²) < 4.78 is 11.4. The van der Waals surface area contributed by atoms with Crippen LogP contribution in [0.15, 0.2) is 42.5 Å². The lowest BCUT2D eigenvalue weighted by atomic mass is 9.86. The predicted octanol–water partition coefficient (Wildman–Crippen LogP) is 5.85. The van der Waals surface area contributed by atoms with Crippen molar-refractivity contribution in [1.29, 1.82) is 0 Å². The van der Waals surface area contributed by atoms with Gasteiger partial charge in [-0.3, -0.25) is 0 Å². The van der Waals surface area contributed by atoms with Crippen LogP contribution in [0.5, 0.6) is 11.5 Å². The van der Waals surface area contributed by atoms with E-state index >= 15 is 0 Å². The average molecular weight is 418 g/mol. The van der Waals surface area contributed by atoms with Gasteiger partial charge >= 0.3 is 5.97 Å². The van der Waals surface area contributed by atoms with Crippen LogP contribution in [0.25, 0.3) is 22.6 Å². The van der Waals surface area contributed by atoms with Crippen molar-refractivity contribution in [3.05, 3.63) is 64.8 Å². The number of aromatic nitrogens is 1. The van der Waals surface area contributed by atoms with Crippen molar-refractivity contribution in [3.8, 4) is 11.5 Å². The number of rotatable bonds is 6. The molecule has 1 heterocycles. The molecule has 1 aromatic heterocycles. The molecule has 1 N–H and O–H groups in total. The largest absolute Gasteiger partial charge is 0.493 e. The van der Waals surface area contributed by atoms with Crippen LogP contribution in [0.4, 0.5) is 0 Å². The Morgan fingerprint density at radius 1 is 1.16 bits per heavy atom. The Morgan fingerprint density at radius 2 is 1.97 bits per heavy atom. The second kappa shape index (κ2) is 8.80. The van der Waals surface area contributed by atoms with E-state index in [0.29, 0.717) is 40.5 Å². The van der Waals surface area contributed by atoms with E-state index in [0.717, 1.165) is 41.7 Å². The average Bonchev–Trinajstić information content (AvgIpc) is 2.76. The van der Waals surface area contributed by atoms with Crippen LogP contribution in [-0.4, -0.2) is 29.8 Å². The zero-order chi connectivity index (χ0) is 22.0. The van der Waals surface area contributed by atoms with Crippen molar-refractivity contribution in [2.24, 2.45) is 5.92 Å². The molecular weight excluding hydrogens is 390 g/mol.